The molecular formula is C18H25F3N4OS. The Hall–Kier alpha value is -0.900. The summed E-state index contributed by atoms with van der Waals surface area (Å²) in [6.07, 6.45) is -0.851. The van der Waals surface area contributed by atoms with Crippen LogP contribution in [0.1, 0.15) is 24.4 Å². The molecule has 0 aromatic carbocycles. The molecule has 9 heteroatoms. The molecule has 1 aromatic rings. The van der Waals surface area contributed by atoms with E-state index >= 15 is 0 Å². The third kappa shape index (κ3) is 4.58. The van der Waals surface area contributed by atoms with Crippen LogP contribution in [-0.2, 0) is 10.9 Å². The minimum absolute atomic E-state index is 0.389. The molecule has 27 heavy (non-hydrogen) atoms. The van der Waals surface area contributed by atoms with Gasteiger partial charge in [0.15, 0.2) is 0 Å². The van der Waals surface area contributed by atoms with Crippen molar-refractivity contribution in [3.05, 3.63) is 17.7 Å². The van der Waals surface area contributed by atoms with Crippen molar-refractivity contribution in [1.82, 2.24) is 19.2 Å². The fourth-order valence-electron chi connectivity index (χ4n) is 4.39. The average Bonchev–Trinajstić information content (AvgIpc) is 3.14. The van der Waals surface area contributed by atoms with Crippen LogP contribution in [0, 0.1) is 24.7 Å². The van der Waals surface area contributed by atoms with Gasteiger partial charge in [-0.2, -0.15) is 13.2 Å². The molecule has 2 unspecified atom stereocenters. The van der Waals surface area contributed by atoms with Gasteiger partial charge >= 0.3 is 6.18 Å². The number of ether oxygens (including phenoxy) is 1. The number of alkyl halides is 3. The fraction of sp³-hybridized carbons (Fsp3) is 0.778. The van der Waals surface area contributed by atoms with Gasteiger partial charge < -0.3 is 9.64 Å². The zero-order valence-corrected chi connectivity index (χ0v) is 16.2. The van der Waals surface area contributed by atoms with E-state index in [1.165, 1.54) is 37.5 Å². The SMILES string of the molecule is Cc1nc(C(F)(F)F)ncc1SN1CC2CN(CC3CCOCC3)CC2C1. The number of nitrogens with zero attached hydrogens (tertiary/aromatic N) is 4. The lowest BCUT2D eigenvalue weighted by Crippen LogP contribution is -2.33. The molecule has 0 bridgehead atoms. The first-order valence-electron chi connectivity index (χ1n) is 9.52. The topological polar surface area (TPSA) is 41.5 Å². The lowest BCUT2D eigenvalue weighted by atomic mass is 10.00. The molecule has 0 spiro atoms. The maximum absolute atomic E-state index is 12.7. The average molecular weight is 402 g/mol. The summed E-state index contributed by atoms with van der Waals surface area (Å²) in [5.41, 5.74) is 0.389. The van der Waals surface area contributed by atoms with E-state index < -0.39 is 12.0 Å². The van der Waals surface area contributed by atoms with E-state index in [0.717, 1.165) is 45.3 Å². The van der Waals surface area contributed by atoms with Crippen molar-refractivity contribution in [2.75, 3.05) is 45.9 Å². The second kappa shape index (κ2) is 7.85. The Labute approximate surface area is 161 Å². The molecular weight excluding hydrogens is 377 g/mol. The Kier molecular flexibility index (Phi) is 5.64. The summed E-state index contributed by atoms with van der Waals surface area (Å²) in [6, 6.07) is 0. The normalized spacial score (nSPS) is 28.0. The second-order valence-electron chi connectivity index (χ2n) is 7.87. The van der Waals surface area contributed by atoms with Gasteiger partial charge in [-0.25, -0.2) is 14.3 Å². The van der Waals surface area contributed by atoms with E-state index in [9.17, 15) is 13.2 Å². The Morgan fingerprint density at radius 3 is 2.41 bits per heavy atom. The standard InChI is InChI=1S/C18H25F3N4OS/c1-12-16(6-22-17(23-12)18(19,20)21)27-25-10-14-8-24(9-15(14)11-25)7-13-2-4-26-5-3-13/h6,13-15H,2-5,7-11H2,1H3. The summed E-state index contributed by atoms with van der Waals surface area (Å²) in [7, 11) is 0. The summed E-state index contributed by atoms with van der Waals surface area (Å²) in [4.78, 5) is 10.4. The molecule has 150 valence electrons. The summed E-state index contributed by atoms with van der Waals surface area (Å²) < 4.78 is 45.8. The molecule has 3 aliphatic rings. The van der Waals surface area contributed by atoms with Crippen LogP contribution in [0.4, 0.5) is 13.2 Å². The van der Waals surface area contributed by atoms with E-state index in [2.05, 4.69) is 19.2 Å². The van der Waals surface area contributed by atoms with E-state index in [0.29, 0.717) is 22.4 Å². The van der Waals surface area contributed by atoms with Crippen LogP contribution < -0.4 is 0 Å². The molecule has 0 N–H and O–H groups in total. The summed E-state index contributed by atoms with van der Waals surface area (Å²) in [6.45, 7) is 8.78. The van der Waals surface area contributed by atoms with Crippen LogP contribution in [0.15, 0.2) is 11.1 Å². The van der Waals surface area contributed by atoms with Crippen molar-refractivity contribution in [3.63, 3.8) is 0 Å². The lowest BCUT2D eigenvalue weighted by molar-refractivity contribution is -0.145. The van der Waals surface area contributed by atoms with E-state index in [-0.39, 0.29) is 0 Å². The molecule has 0 amide bonds. The predicted octanol–water partition coefficient (Wildman–Crippen LogP) is 3.10. The third-order valence-electron chi connectivity index (χ3n) is 5.80. The highest BCUT2D eigenvalue weighted by Crippen LogP contribution is 2.38. The molecule has 3 saturated heterocycles. The molecule has 4 heterocycles. The first kappa shape index (κ1) is 19.4. The monoisotopic (exact) mass is 402 g/mol. The van der Waals surface area contributed by atoms with Crippen LogP contribution in [0.3, 0.4) is 0 Å². The van der Waals surface area contributed by atoms with Gasteiger partial charge in [0.05, 0.1) is 10.6 Å². The molecule has 3 aliphatic heterocycles. The number of aryl methyl sites for hydroxylation is 1. The van der Waals surface area contributed by atoms with Crippen molar-refractivity contribution in [2.45, 2.75) is 30.8 Å². The number of rotatable bonds is 4. The highest BCUT2D eigenvalue weighted by Gasteiger charge is 2.41. The summed E-state index contributed by atoms with van der Waals surface area (Å²) >= 11 is 1.50. The number of likely N-dealkylation sites (tertiary alicyclic amines) is 1. The van der Waals surface area contributed by atoms with Gasteiger partial charge in [-0.3, -0.25) is 0 Å². The number of fused-ring (bicyclic) bond motifs is 1. The van der Waals surface area contributed by atoms with Gasteiger partial charge in [-0.05, 0) is 49.5 Å². The van der Waals surface area contributed by atoms with E-state index in [1.807, 2.05) is 0 Å². The zero-order chi connectivity index (χ0) is 19.0. The van der Waals surface area contributed by atoms with Crippen LogP contribution in [0.25, 0.3) is 0 Å². The smallest absolute Gasteiger partial charge is 0.381 e. The third-order valence-corrected chi connectivity index (χ3v) is 6.95. The van der Waals surface area contributed by atoms with Crippen molar-refractivity contribution in [1.29, 1.82) is 0 Å². The highest BCUT2D eigenvalue weighted by atomic mass is 32.2. The maximum Gasteiger partial charge on any atom is 0.451 e. The van der Waals surface area contributed by atoms with Crippen molar-refractivity contribution in [2.24, 2.45) is 17.8 Å². The van der Waals surface area contributed by atoms with E-state index in [1.54, 1.807) is 6.92 Å². The van der Waals surface area contributed by atoms with Gasteiger partial charge in [0.2, 0.25) is 5.82 Å². The molecule has 0 radical (unpaired) electrons. The molecule has 0 saturated carbocycles. The lowest BCUT2D eigenvalue weighted by Gasteiger charge is -2.28. The van der Waals surface area contributed by atoms with Gasteiger partial charge in [-0.15, -0.1) is 0 Å². The second-order valence-corrected chi connectivity index (χ2v) is 9.01. The minimum atomic E-state index is -4.49. The molecule has 3 fully saturated rings. The minimum Gasteiger partial charge on any atom is -0.381 e. The molecule has 1 aromatic heterocycles. The number of hydrogen-bond acceptors (Lipinski definition) is 6. The van der Waals surface area contributed by atoms with E-state index in [4.69, 9.17) is 4.74 Å². The predicted molar refractivity (Wildman–Crippen MR) is 96.2 cm³/mol. The number of aromatic nitrogens is 2. The van der Waals surface area contributed by atoms with Gasteiger partial charge in [-0.1, -0.05) is 0 Å². The largest absolute Gasteiger partial charge is 0.451 e. The van der Waals surface area contributed by atoms with Gasteiger partial charge in [0.1, 0.15) is 0 Å². The highest BCUT2D eigenvalue weighted by molar-refractivity contribution is 7.97. The molecule has 2 atom stereocenters. The van der Waals surface area contributed by atoms with Crippen molar-refractivity contribution in [3.8, 4) is 0 Å². The Balaban J connectivity index is 1.29. The first-order chi connectivity index (χ1) is 12.9. The molecule has 5 nitrogen and oxygen atoms in total. The Morgan fingerprint density at radius 1 is 1.15 bits per heavy atom. The quantitative estimate of drug-likeness (QED) is 0.721. The zero-order valence-electron chi connectivity index (χ0n) is 15.4. The van der Waals surface area contributed by atoms with Crippen LogP contribution in [0.5, 0.6) is 0 Å². The maximum atomic E-state index is 12.7. The van der Waals surface area contributed by atoms with Crippen LogP contribution in [0.2, 0.25) is 0 Å². The Morgan fingerprint density at radius 2 is 1.81 bits per heavy atom. The molecule has 4 rings (SSSR count). The Bertz CT molecular complexity index is 654. The van der Waals surface area contributed by atoms with Gasteiger partial charge in [0.25, 0.3) is 0 Å². The summed E-state index contributed by atoms with van der Waals surface area (Å²) in [5, 5.41) is 0. The van der Waals surface area contributed by atoms with Crippen LogP contribution in [-0.4, -0.2) is 65.1 Å². The van der Waals surface area contributed by atoms with Crippen molar-refractivity contribution < 1.29 is 17.9 Å². The first-order valence-corrected chi connectivity index (χ1v) is 10.3. The number of halogens is 3. The fourth-order valence-corrected chi connectivity index (χ4v) is 5.47. The summed E-state index contributed by atoms with van der Waals surface area (Å²) in [5.74, 6) is 0.988. The number of hydrogen-bond donors (Lipinski definition) is 0. The van der Waals surface area contributed by atoms with Crippen LogP contribution >= 0.6 is 11.9 Å². The van der Waals surface area contributed by atoms with Crippen molar-refractivity contribution >= 4 is 11.9 Å². The molecule has 0 aliphatic carbocycles. The van der Waals surface area contributed by atoms with Gasteiger partial charge in [0, 0.05) is 52.1 Å².